The van der Waals surface area contributed by atoms with E-state index in [1.807, 2.05) is 0 Å². The van der Waals surface area contributed by atoms with Crippen molar-refractivity contribution >= 4 is 11.3 Å². The minimum Gasteiger partial charge on any atom is -0.438 e. The molecule has 3 rings (SSSR count). The van der Waals surface area contributed by atoms with Gasteiger partial charge in [-0.1, -0.05) is 19.1 Å². The van der Waals surface area contributed by atoms with Crippen molar-refractivity contribution in [3.05, 3.63) is 57.9 Å². The summed E-state index contributed by atoms with van der Waals surface area (Å²) in [7, 11) is 0. The molecule has 0 unspecified atom stereocenters. The average Bonchev–Trinajstić information content (AvgIpc) is 3.09. The Balaban J connectivity index is 1.91. The number of hydrogen-bond acceptors (Lipinski definition) is 4. The van der Waals surface area contributed by atoms with Crippen molar-refractivity contribution in [2.75, 3.05) is 0 Å². The van der Waals surface area contributed by atoms with Crippen LogP contribution in [0.25, 0.3) is 11.4 Å². The third-order valence-corrected chi connectivity index (χ3v) is 4.62. The summed E-state index contributed by atoms with van der Waals surface area (Å²) in [6, 6.07) is 6.61. The molecular weight excluding hydrogens is 406 g/mol. The molecule has 3 aromatic rings. The molecule has 0 aliphatic rings. The summed E-state index contributed by atoms with van der Waals surface area (Å²) >= 11 is 0.490. The van der Waals surface area contributed by atoms with Gasteiger partial charge in [0.05, 0.1) is 5.56 Å². The SMILES string of the molecule is CCc1cc(Oc2csc(C(F)(F)F)c2)nc(-c2ccc(C(F)(F)F)cc2)n1. The molecule has 0 saturated heterocycles. The van der Waals surface area contributed by atoms with Crippen molar-refractivity contribution in [1.82, 2.24) is 9.97 Å². The van der Waals surface area contributed by atoms with Crippen LogP contribution in [0, 0.1) is 0 Å². The van der Waals surface area contributed by atoms with Crippen LogP contribution < -0.4 is 4.74 Å². The van der Waals surface area contributed by atoms with Gasteiger partial charge in [-0.05, 0) is 18.6 Å². The smallest absolute Gasteiger partial charge is 0.425 e. The van der Waals surface area contributed by atoms with E-state index in [4.69, 9.17) is 4.74 Å². The highest BCUT2D eigenvalue weighted by Crippen LogP contribution is 2.38. The number of thiophene rings is 1. The predicted molar refractivity (Wildman–Crippen MR) is 91.2 cm³/mol. The number of nitrogens with zero attached hydrogens (tertiary/aromatic N) is 2. The van der Waals surface area contributed by atoms with Crippen LogP contribution >= 0.6 is 11.3 Å². The Morgan fingerprint density at radius 3 is 2.14 bits per heavy atom. The number of aryl methyl sites for hydroxylation is 1. The molecule has 3 nitrogen and oxygen atoms in total. The van der Waals surface area contributed by atoms with Crippen molar-refractivity contribution < 1.29 is 31.1 Å². The quantitative estimate of drug-likeness (QED) is 0.448. The molecule has 0 N–H and O–H groups in total. The molecule has 2 aromatic heterocycles. The molecule has 0 amide bonds. The van der Waals surface area contributed by atoms with Crippen LogP contribution in [-0.2, 0) is 18.8 Å². The normalized spacial score (nSPS) is 12.2. The van der Waals surface area contributed by atoms with Gasteiger partial charge in [-0.25, -0.2) is 4.98 Å². The molecule has 2 heterocycles. The molecule has 0 radical (unpaired) electrons. The lowest BCUT2D eigenvalue weighted by Gasteiger charge is -2.09. The Morgan fingerprint density at radius 1 is 0.929 bits per heavy atom. The number of benzene rings is 1. The second-order valence-electron chi connectivity index (χ2n) is 5.70. The molecule has 1 aromatic carbocycles. The largest absolute Gasteiger partial charge is 0.438 e. The molecular formula is C18H12F6N2OS. The van der Waals surface area contributed by atoms with Crippen molar-refractivity contribution in [2.24, 2.45) is 0 Å². The highest BCUT2D eigenvalue weighted by atomic mass is 32.1. The molecule has 0 aliphatic heterocycles. The lowest BCUT2D eigenvalue weighted by molar-refractivity contribution is -0.137. The van der Waals surface area contributed by atoms with Gasteiger partial charge in [0, 0.05) is 28.8 Å². The van der Waals surface area contributed by atoms with Gasteiger partial charge in [0.1, 0.15) is 10.6 Å². The van der Waals surface area contributed by atoms with Crippen molar-refractivity contribution in [3.63, 3.8) is 0 Å². The van der Waals surface area contributed by atoms with Gasteiger partial charge >= 0.3 is 12.4 Å². The number of alkyl halides is 6. The van der Waals surface area contributed by atoms with Crippen LogP contribution in [0.1, 0.15) is 23.1 Å². The van der Waals surface area contributed by atoms with E-state index in [1.165, 1.54) is 23.6 Å². The first-order valence-corrected chi connectivity index (χ1v) is 8.83. The fourth-order valence-electron chi connectivity index (χ4n) is 2.28. The van der Waals surface area contributed by atoms with E-state index in [1.54, 1.807) is 6.92 Å². The Morgan fingerprint density at radius 2 is 1.61 bits per heavy atom. The average molecular weight is 418 g/mol. The fraction of sp³-hybridized carbons (Fsp3) is 0.222. The highest BCUT2D eigenvalue weighted by molar-refractivity contribution is 7.10. The van der Waals surface area contributed by atoms with E-state index in [9.17, 15) is 26.3 Å². The number of aromatic nitrogens is 2. The predicted octanol–water partition coefficient (Wildman–Crippen LogP) is 6.60. The molecule has 0 fully saturated rings. The second kappa shape index (κ2) is 7.42. The summed E-state index contributed by atoms with van der Waals surface area (Å²) < 4.78 is 81.7. The molecule has 0 spiro atoms. The van der Waals surface area contributed by atoms with Crippen molar-refractivity contribution in [2.45, 2.75) is 25.7 Å². The van der Waals surface area contributed by atoms with Gasteiger partial charge in [0.15, 0.2) is 5.82 Å². The zero-order chi connectivity index (χ0) is 20.5. The standard InChI is InChI=1S/C18H12F6N2OS/c1-2-12-7-15(27-13-8-14(28-9-13)18(22,23)24)26-16(25-12)10-3-5-11(6-4-10)17(19,20)21/h3-9H,2H2,1H3. The Hall–Kier alpha value is -2.62. The van der Waals surface area contributed by atoms with Gasteiger partial charge < -0.3 is 4.74 Å². The molecule has 0 atom stereocenters. The molecule has 148 valence electrons. The zero-order valence-corrected chi connectivity index (χ0v) is 15.0. The van der Waals surface area contributed by atoms with Crippen LogP contribution in [0.3, 0.4) is 0 Å². The third kappa shape index (κ3) is 4.61. The Bertz CT molecular complexity index is 963. The number of hydrogen-bond donors (Lipinski definition) is 0. The number of ether oxygens (including phenoxy) is 1. The summed E-state index contributed by atoms with van der Waals surface area (Å²) in [5.74, 6) is 0.0964. The number of halogens is 6. The van der Waals surface area contributed by atoms with Gasteiger partial charge in [-0.3, -0.25) is 0 Å². The zero-order valence-electron chi connectivity index (χ0n) is 14.2. The minimum absolute atomic E-state index is 0.00766. The topological polar surface area (TPSA) is 35.0 Å². The minimum atomic E-state index is -4.47. The van der Waals surface area contributed by atoms with E-state index < -0.39 is 22.8 Å². The Labute approximate surface area is 159 Å². The summed E-state index contributed by atoms with van der Waals surface area (Å²) in [5.41, 5.74) is 0.0537. The van der Waals surface area contributed by atoms with Crippen LogP contribution in [-0.4, -0.2) is 9.97 Å². The van der Waals surface area contributed by atoms with Gasteiger partial charge in [-0.15, -0.1) is 11.3 Å². The first-order chi connectivity index (χ1) is 13.1. The lowest BCUT2D eigenvalue weighted by atomic mass is 10.1. The van der Waals surface area contributed by atoms with Gasteiger partial charge in [0.2, 0.25) is 5.88 Å². The van der Waals surface area contributed by atoms with Crippen LogP contribution in [0.4, 0.5) is 26.3 Å². The molecule has 10 heteroatoms. The molecule has 0 aliphatic carbocycles. The van der Waals surface area contributed by atoms with Crippen molar-refractivity contribution in [3.8, 4) is 23.0 Å². The van der Waals surface area contributed by atoms with Crippen LogP contribution in [0.15, 0.2) is 41.8 Å². The third-order valence-electron chi connectivity index (χ3n) is 3.67. The molecule has 0 saturated carbocycles. The maximum Gasteiger partial charge on any atom is 0.425 e. The summed E-state index contributed by atoms with van der Waals surface area (Å²) in [5, 5.41) is 1.20. The maximum absolute atomic E-state index is 12.7. The van der Waals surface area contributed by atoms with E-state index in [2.05, 4.69) is 9.97 Å². The number of rotatable bonds is 4. The van der Waals surface area contributed by atoms with E-state index in [-0.39, 0.29) is 17.5 Å². The van der Waals surface area contributed by atoms with E-state index in [0.717, 1.165) is 18.2 Å². The van der Waals surface area contributed by atoms with E-state index in [0.29, 0.717) is 29.0 Å². The van der Waals surface area contributed by atoms with Crippen LogP contribution in [0.2, 0.25) is 0 Å². The first-order valence-electron chi connectivity index (χ1n) is 7.95. The highest BCUT2D eigenvalue weighted by Gasteiger charge is 2.33. The van der Waals surface area contributed by atoms with Gasteiger partial charge in [-0.2, -0.15) is 31.3 Å². The summed E-state index contributed by atoms with van der Waals surface area (Å²) in [4.78, 5) is 7.56. The molecule has 28 heavy (non-hydrogen) atoms. The van der Waals surface area contributed by atoms with E-state index >= 15 is 0 Å². The maximum atomic E-state index is 12.7. The first kappa shape index (κ1) is 20.1. The monoisotopic (exact) mass is 418 g/mol. The van der Waals surface area contributed by atoms with Crippen molar-refractivity contribution in [1.29, 1.82) is 0 Å². The van der Waals surface area contributed by atoms with Gasteiger partial charge in [0.25, 0.3) is 0 Å². The summed E-state index contributed by atoms with van der Waals surface area (Å²) in [6.45, 7) is 1.80. The second-order valence-corrected chi connectivity index (χ2v) is 6.61. The fourth-order valence-corrected chi connectivity index (χ4v) is 2.96. The molecule has 0 bridgehead atoms. The lowest BCUT2D eigenvalue weighted by Crippen LogP contribution is -2.04. The summed E-state index contributed by atoms with van der Waals surface area (Å²) in [6.07, 6.45) is -8.46. The van der Waals surface area contributed by atoms with Crippen LogP contribution in [0.5, 0.6) is 11.6 Å². The Kier molecular flexibility index (Phi) is 5.33.